The topological polar surface area (TPSA) is 76.7 Å². The number of nitrogens with one attached hydrogen (secondary N) is 1. The van der Waals surface area contributed by atoms with Crippen molar-refractivity contribution < 1.29 is 18.7 Å². The number of carbonyl (C=O) groups excluding carboxylic acids is 2. The fourth-order valence-corrected chi connectivity index (χ4v) is 5.46. The third-order valence-electron chi connectivity index (χ3n) is 7.37. The van der Waals surface area contributed by atoms with Gasteiger partial charge >= 0.3 is 0 Å². The molecule has 2 unspecified atom stereocenters. The first-order valence-electron chi connectivity index (χ1n) is 12.0. The van der Waals surface area contributed by atoms with Crippen molar-refractivity contribution in [1.29, 1.82) is 0 Å². The number of carbonyl (C=O) groups is 2. The van der Waals surface area contributed by atoms with E-state index >= 15 is 0 Å². The van der Waals surface area contributed by atoms with Crippen molar-refractivity contribution in [3.05, 3.63) is 36.2 Å². The summed E-state index contributed by atoms with van der Waals surface area (Å²) in [6, 6.07) is 7.64. The lowest BCUT2D eigenvalue weighted by Gasteiger charge is -2.45. The van der Waals surface area contributed by atoms with E-state index in [0.29, 0.717) is 24.5 Å². The zero-order valence-corrected chi connectivity index (χ0v) is 18.8. The minimum Gasteiger partial charge on any atom is -0.463 e. The van der Waals surface area contributed by atoms with Crippen LogP contribution in [0.25, 0.3) is 11.5 Å². The van der Waals surface area contributed by atoms with Gasteiger partial charge in [0.1, 0.15) is 17.0 Å². The Kier molecular flexibility index (Phi) is 5.84. The third-order valence-corrected chi connectivity index (χ3v) is 7.37. The van der Waals surface area contributed by atoms with Crippen molar-refractivity contribution in [1.82, 2.24) is 14.8 Å². The maximum absolute atomic E-state index is 13.8. The molecule has 2 aromatic heterocycles. The predicted octanol–water partition coefficient (Wildman–Crippen LogP) is 3.98. The van der Waals surface area contributed by atoms with Crippen LogP contribution in [0.5, 0.6) is 0 Å². The van der Waals surface area contributed by atoms with E-state index in [1.807, 2.05) is 35.8 Å². The molecule has 2 fully saturated rings. The molecule has 4 heterocycles. The molecule has 2 atom stereocenters. The van der Waals surface area contributed by atoms with E-state index in [4.69, 9.17) is 9.15 Å². The van der Waals surface area contributed by atoms with Crippen LogP contribution >= 0.6 is 0 Å². The van der Waals surface area contributed by atoms with Crippen molar-refractivity contribution in [3.8, 4) is 11.5 Å². The fraction of sp³-hybridized carbons (Fsp3) is 0.600. The summed E-state index contributed by atoms with van der Waals surface area (Å²) < 4.78 is 13.4. The van der Waals surface area contributed by atoms with Gasteiger partial charge in [0.15, 0.2) is 0 Å². The Balaban J connectivity index is 1.48. The van der Waals surface area contributed by atoms with Crippen molar-refractivity contribution >= 4 is 11.8 Å². The molecule has 0 bridgehead atoms. The standard InChI is InChI=1S/C25H33N3O4/c1-25(24(30)26-18-8-4-2-3-5-9-18)17-27-20(22-11-7-15-32-22)12-13-21(27)23(29)28(25)16-19-10-6-14-31-19/h7,11-13,15,18-19H,2-6,8-10,14,16-17H2,1H3,(H,26,30). The molecule has 3 aliphatic rings. The van der Waals surface area contributed by atoms with Crippen LogP contribution < -0.4 is 5.32 Å². The molecule has 1 aliphatic carbocycles. The van der Waals surface area contributed by atoms with E-state index in [-0.39, 0.29) is 24.0 Å². The molecule has 172 valence electrons. The zero-order valence-electron chi connectivity index (χ0n) is 18.8. The number of fused-ring (bicyclic) bond motifs is 1. The van der Waals surface area contributed by atoms with Gasteiger partial charge in [-0.25, -0.2) is 0 Å². The monoisotopic (exact) mass is 439 g/mol. The van der Waals surface area contributed by atoms with E-state index in [1.54, 1.807) is 11.2 Å². The summed E-state index contributed by atoms with van der Waals surface area (Å²) in [7, 11) is 0. The molecule has 1 N–H and O–H groups in total. The first-order valence-corrected chi connectivity index (χ1v) is 12.0. The molecule has 0 radical (unpaired) electrons. The number of aromatic nitrogens is 1. The lowest BCUT2D eigenvalue weighted by Crippen LogP contribution is -2.66. The zero-order chi connectivity index (χ0) is 22.1. The Morgan fingerprint density at radius 1 is 1.09 bits per heavy atom. The molecule has 32 heavy (non-hydrogen) atoms. The van der Waals surface area contributed by atoms with Gasteiger partial charge in [-0.2, -0.15) is 0 Å². The lowest BCUT2D eigenvalue weighted by atomic mass is 9.93. The molecule has 2 aliphatic heterocycles. The quantitative estimate of drug-likeness (QED) is 0.715. The molecule has 5 rings (SSSR count). The van der Waals surface area contributed by atoms with E-state index in [9.17, 15) is 9.59 Å². The molecule has 2 amide bonds. The van der Waals surface area contributed by atoms with Gasteiger partial charge < -0.3 is 23.9 Å². The number of ether oxygens (including phenoxy) is 1. The minimum absolute atomic E-state index is 0.0185. The van der Waals surface area contributed by atoms with Crippen LogP contribution in [0.15, 0.2) is 34.9 Å². The van der Waals surface area contributed by atoms with Crippen molar-refractivity contribution in [2.75, 3.05) is 13.2 Å². The van der Waals surface area contributed by atoms with E-state index in [2.05, 4.69) is 5.32 Å². The summed E-state index contributed by atoms with van der Waals surface area (Å²) >= 11 is 0. The Morgan fingerprint density at radius 2 is 1.88 bits per heavy atom. The van der Waals surface area contributed by atoms with Crippen LogP contribution in [-0.4, -0.2) is 52.1 Å². The van der Waals surface area contributed by atoms with Crippen LogP contribution in [0.3, 0.4) is 0 Å². The second-order valence-electron chi connectivity index (χ2n) is 9.65. The number of rotatable bonds is 5. The SMILES string of the molecule is CC1(C(=O)NC2CCCCCC2)Cn2c(ccc2-c2ccco2)C(=O)N1CC1CCCO1. The average Bonchev–Trinajstić information content (AvgIpc) is 3.52. The molecule has 2 aromatic rings. The Morgan fingerprint density at radius 3 is 2.56 bits per heavy atom. The smallest absolute Gasteiger partial charge is 0.271 e. The highest BCUT2D eigenvalue weighted by Crippen LogP contribution is 2.34. The predicted molar refractivity (Wildman–Crippen MR) is 120 cm³/mol. The molecular formula is C25H33N3O4. The minimum atomic E-state index is -0.997. The fourth-order valence-electron chi connectivity index (χ4n) is 5.46. The molecule has 0 spiro atoms. The van der Waals surface area contributed by atoms with Crippen LogP contribution in [0.2, 0.25) is 0 Å². The maximum atomic E-state index is 13.8. The molecule has 1 saturated heterocycles. The summed E-state index contributed by atoms with van der Waals surface area (Å²) in [5, 5.41) is 3.31. The Hall–Kier alpha value is -2.54. The Labute approximate surface area is 189 Å². The highest BCUT2D eigenvalue weighted by atomic mass is 16.5. The highest BCUT2D eigenvalue weighted by Gasteiger charge is 2.49. The summed E-state index contributed by atoms with van der Waals surface area (Å²) in [5.74, 6) is 0.506. The van der Waals surface area contributed by atoms with Gasteiger partial charge in [-0.3, -0.25) is 9.59 Å². The van der Waals surface area contributed by atoms with Crippen LogP contribution in [0.4, 0.5) is 0 Å². The van der Waals surface area contributed by atoms with Crippen molar-refractivity contribution in [3.63, 3.8) is 0 Å². The maximum Gasteiger partial charge on any atom is 0.271 e. The van der Waals surface area contributed by atoms with Crippen molar-refractivity contribution in [2.45, 2.75) is 82.5 Å². The second-order valence-corrected chi connectivity index (χ2v) is 9.65. The number of nitrogens with zero attached hydrogens (tertiary/aromatic N) is 2. The van der Waals surface area contributed by atoms with Crippen molar-refractivity contribution in [2.24, 2.45) is 0 Å². The first kappa shape index (κ1) is 21.3. The van der Waals surface area contributed by atoms with Gasteiger partial charge in [-0.15, -0.1) is 0 Å². The van der Waals surface area contributed by atoms with Gasteiger partial charge in [0.2, 0.25) is 5.91 Å². The van der Waals surface area contributed by atoms with Gasteiger partial charge in [-0.1, -0.05) is 25.7 Å². The molecule has 1 saturated carbocycles. The summed E-state index contributed by atoms with van der Waals surface area (Å²) in [5.41, 5.74) is 0.417. The second kappa shape index (κ2) is 8.77. The van der Waals surface area contributed by atoms with E-state index in [1.165, 1.54) is 12.8 Å². The number of hydrogen-bond donors (Lipinski definition) is 1. The molecule has 7 nitrogen and oxygen atoms in total. The summed E-state index contributed by atoms with van der Waals surface area (Å²) in [4.78, 5) is 29.2. The normalized spacial score (nSPS) is 26.7. The average molecular weight is 440 g/mol. The lowest BCUT2D eigenvalue weighted by molar-refractivity contribution is -0.134. The number of furan rings is 1. The first-order chi connectivity index (χ1) is 15.6. The van der Waals surface area contributed by atoms with Gasteiger partial charge in [0, 0.05) is 19.2 Å². The summed E-state index contributed by atoms with van der Waals surface area (Å²) in [6.45, 7) is 3.45. The number of hydrogen-bond acceptors (Lipinski definition) is 4. The largest absolute Gasteiger partial charge is 0.463 e. The van der Waals surface area contributed by atoms with Crippen LogP contribution in [-0.2, 0) is 16.1 Å². The van der Waals surface area contributed by atoms with E-state index < -0.39 is 5.54 Å². The Bertz CT molecular complexity index is 952. The van der Waals surface area contributed by atoms with Gasteiger partial charge in [0.25, 0.3) is 5.91 Å². The molecular weight excluding hydrogens is 406 g/mol. The molecule has 7 heteroatoms. The van der Waals surface area contributed by atoms with Gasteiger partial charge in [-0.05, 0) is 56.9 Å². The number of amides is 2. The van der Waals surface area contributed by atoms with Crippen LogP contribution in [0.1, 0.15) is 68.8 Å². The summed E-state index contributed by atoms with van der Waals surface area (Å²) in [6.07, 6.45) is 10.3. The molecule has 0 aromatic carbocycles. The van der Waals surface area contributed by atoms with E-state index in [0.717, 1.165) is 50.8 Å². The third kappa shape index (κ3) is 3.87. The van der Waals surface area contributed by atoms with Gasteiger partial charge in [0.05, 0.1) is 24.6 Å². The van der Waals surface area contributed by atoms with Crippen LogP contribution in [0, 0.1) is 0 Å². The highest BCUT2D eigenvalue weighted by molar-refractivity contribution is 6.00.